The molecule has 5 rings (SSSR count). The highest BCUT2D eigenvalue weighted by atomic mass is 16.6. The zero-order valence-corrected chi connectivity index (χ0v) is 27.6. The lowest BCUT2D eigenvalue weighted by atomic mass is 9.48. The molecule has 4 aliphatic carbocycles. The monoisotopic (exact) mass is 638 g/mol. The number of hydrogen-bond acceptors (Lipinski definition) is 10. The van der Waals surface area contributed by atoms with Gasteiger partial charge >= 0.3 is 0 Å². The largest absolute Gasteiger partial charge is 0.491 e. The van der Waals surface area contributed by atoms with Crippen molar-refractivity contribution in [2.75, 3.05) is 119 Å². The van der Waals surface area contributed by atoms with Crippen molar-refractivity contribution in [2.45, 2.75) is 50.9 Å². The highest BCUT2D eigenvalue weighted by molar-refractivity contribution is 5.44. The van der Waals surface area contributed by atoms with Crippen LogP contribution in [0.25, 0.3) is 0 Å². The van der Waals surface area contributed by atoms with Gasteiger partial charge in [-0.05, 0) is 74.7 Å². The van der Waals surface area contributed by atoms with Crippen LogP contribution in [-0.2, 0) is 43.3 Å². The molecule has 0 aromatic heterocycles. The van der Waals surface area contributed by atoms with Crippen LogP contribution in [0.15, 0.2) is 18.2 Å². The first-order chi connectivity index (χ1) is 22.2. The molecule has 0 aliphatic heterocycles. The van der Waals surface area contributed by atoms with E-state index in [0.29, 0.717) is 118 Å². The van der Waals surface area contributed by atoms with Crippen LogP contribution in [0.3, 0.4) is 0 Å². The Labute approximate surface area is 270 Å². The summed E-state index contributed by atoms with van der Waals surface area (Å²) in [5.41, 5.74) is 3.12. The Morgan fingerprint density at radius 1 is 0.533 bits per heavy atom. The average molecular weight is 639 g/mol. The number of aliphatic hydroxyl groups is 1. The van der Waals surface area contributed by atoms with Gasteiger partial charge in [-0.25, -0.2) is 0 Å². The van der Waals surface area contributed by atoms with E-state index in [4.69, 9.17) is 47.7 Å². The normalized spacial score (nSPS) is 23.6. The van der Waals surface area contributed by atoms with Crippen LogP contribution in [0.5, 0.6) is 5.75 Å². The minimum atomic E-state index is 0.0308. The first-order valence-corrected chi connectivity index (χ1v) is 17.2. The Morgan fingerprint density at radius 3 is 1.27 bits per heavy atom. The van der Waals surface area contributed by atoms with Gasteiger partial charge in [0.2, 0.25) is 0 Å². The van der Waals surface area contributed by atoms with Crippen molar-refractivity contribution >= 4 is 0 Å². The number of benzene rings is 1. The summed E-state index contributed by atoms with van der Waals surface area (Å²) in [6, 6.07) is 6.76. The van der Waals surface area contributed by atoms with Crippen LogP contribution in [0.4, 0.5) is 0 Å². The Balaban J connectivity index is 0.894. The van der Waals surface area contributed by atoms with E-state index in [9.17, 15) is 0 Å². The minimum absolute atomic E-state index is 0.0308. The molecule has 4 bridgehead atoms. The maximum absolute atomic E-state index is 8.60. The second-order valence-corrected chi connectivity index (χ2v) is 12.7. The molecule has 1 aromatic carbocycles. The summed E-state index contributed by atoms with van der Waals surface area (Å²) >= 11 is 0. The van der Waals surface area contributed by atoms with Crippen molar-refractivity contribution in [3.8, 4) is 5.75 Å². The van der Waals surface area contributed by atoms with Gasteiger partial charge in [0, 0.05) is 5.56 Å². The molecule has 0 saturated heterocycles. The van der Waals surface area contributed by atoms with Crippen LogP contribution in [0.2, 0.25) is 0 Å². The van der Waals surface area contributed by atoms with Crippen molar-refractivity contribution in [3.63, 3.8) is 0 Å². The Hall–Kier alpha value is -1.34. The first kappa shape index (κ1) is 36.5. The van der Waals surface area contributed by atoms with E-state index < -0.39 is 0 Å². The van der Waals surface area contributed by atoms with E-state index in [1.54, 1.807) is 0 Å². The van der Waals surface area contributed by atoms with Crippen molar-refractivity contribution < 1.29 is 47.7 Å². The van der Waals surface area contributed by atoms with Crippen LogP contribution < -0.4 is 4.74 Å². The first-order valence-electron chi connectivity index (χ1n) is 17.2. The van der Waals surface area contributed by atoms with E-state index in [1.165, 1.54) is 49.7 Å². The molecule has 0 amide bonds. The van der Waals surface area contributed by atoms with E-state index in [-0.39, 0.29) is 6.61 Å². The molecule has 45 heavy (non-hydrogen) atoms. The Morgan fingerprint density at radius 2 is 0.889 bits per heavy atom. The van der Waals surface area contributed by atoms with Gasteiger partial charge in [-0.3, -0.25) is 0 Å². The van der Waals surface area contributed by atoms with Gasteiger partial charge in [-0.2, -0.15) is 0 Å². The Kier molecular flexibility index (Phi) is 17.5. The molecule has 1 N–H and O–H groups in total. The molecule has 4 saturated carbocycles. The van der Waals surface area contributed by atoms with Crippen LogP contribution in [-0.4, -0.2) is 124 Å². The van der Waals surface area contributed by atoms with Crippen molar-refractivity contribution in [3.05, 3.63) is 29.3 Å². The van der Waals surface area contributed by atoms with E-state index in [2.05, 4.69) is 25.1 Å². The highest BCUT2D eigenvalue weighted by Gasteiger charge is 2.52. The molecule has 10 nitrogen and oxygen atoms in total. The fraction of sp³-hybridized carbons (Fsp3) is 0.829. The zero-order chi connectivity index (χ0) is 31.4. The minimum Gasteiger partial charge on any atom is -0.491 e. The number of ether oxygens (including phenoxy) is 9. The molecule has 0 atom stereocenters. The topological polar surface area (TPSA) is 103 Å². The summed E-state index contributed by atoms with van der Waals surface area (Å²) in [5.74, 6) is 3.82. The fourth-order valence-electron chi connectivity index (χ4n) is 7.54. The third kappa shape index (κ3) is 13.4. The molecule has 0 radical (unpaired) electrons. The third-order valence-corrected chi connectivity index (χ3v) is 9.07. The molecule has 4 aliphatic rings. The van der Waals surface area contributed by atoms with E-state index in [0.717, 1.165) is 23.5 Å². The molecular formula is C35H58O10. The SMILES string of the molecule is Cc1ccc(OCCOCCOCCOCCOCCOCCOCCOCCOCCO)c(C23CC4CC(CC(C4)C2)C3)c1. The molecule has 10 heteroatoms. The van der Waals surface area contributed by atoms with Gasteiger partial charge in [0.1, 0.15) is 12.4 Å². The lowest BCUT2D eigenvalue weighted by molar-refractivity contribution is -0.0243. The van der Waals surface area contributed by atoms with E-state index >= 15 is 0 Å². The fourth-order valence-corrected chi connectivity index (χ4v) is 7.54. The second kappa shape index (κ2) is 21.5. The summed E-state index contributed by atoms with van der Waals surface area (Å²) in [4.78, 5) is 0. The summed E-state index contributed by atoms with van der Waals surface area (Å²) in [6.45, 7) is 10.9. The molecule has 1 aromatic rings. The zero-order valence-electron chi connectivity index (χ0n) is 27.6. The van der Waals surface area contributed by atoms with Crippen LogP contribution >= 0.6 is 0 Å². The summed E-state index contributed by atoms with van der Waals surface area (Å²) < 4.78 is 50.1. The number of aliphatic hydroxyl groups excluding tert-OH is 1. The third-order valence-electron chi connectivity index (χ3n) is 9.07. The second-order valence-electron chi connectivity index (χ2n) is 12.7. The van der Waals surface area contributed by atoms with Gasteiger partial charge in [-0.1, -0.05) is 17.7 Å². The molecular weight excluding hydrogens is 580 g/mol. The number of rotatable bonds is 28. The smallest absolute Gasteiger partial charge is 0.123 e. The standard InChI is InChI=1S/C35H58O10/c1-29-2-3-34(33(22-29)35-26-30-23-31(27-35)25-32(24-30)28-35)45-21-20-44-19-18-43-17-16-42-15-14-41-13-12-40-11-10-39-9-8-38-7-6-37-5-4-36/h2-3,22,30-32,36H,4-21,23-28H2,1H3. The van der Waals surface area contributed by atoms with Crippen molar-refractivity contribution in [2.24, 2.45) is 17.8 Å². The number of aryl methyl sites for hydroxylation is 1. The molecule has 4 fully saturated rings. The van der Waals surface area contributed by atoms with Gasteiger partial charge in [0.05, 0.1) is 112 Å². The lowest BCUT2D eigenvalue weighted by Crippen LogP contribution is -2.48. The average Bonchev–Trinajstić information content (AvgIpc) is 3.02. The maximum Gasteiger partial charge on any atom is 0.123 e. The van der Waals surface area contributed by atoms with E-state index in [1.807, 2.05) is 0 Å². The van der Waals surface area contributed by atoms with Gasteiger partial charge < -0.3 is 47.7 Å². The Bertz CT molecular complexity index is 877. The van der Waals surface area contributed by atoms with Crippen molar-refractivity contribution in [1.82, 2.24) is 0 Å². The molecule has 0 unspecified atom stereocenters. The quantitative estimate of drug-likeness (QED) is 0.136. The van der Waals surface area contributed by atoms with Gasteiger partial charge in [0.25, 0.3) is 0 Å². The molecule has 258 valence electrons. The predicted octanol–water partition coefficient (Wildman–Crippen LogP) is 3.97. The maximum atomic E-state index is 8.60. The lowest BCUT2D eigenvalue weighted by Gasteiger charge is -2.57. The van der Waals surface area contributed by atoms with Crippen molar-refractivity contribution in [1.29, 1.82) is 0 Å². The highest BCUT2D eigenvalue weighted by Crippen LogP contribution is 2.61. The summed E-state index contributed by atoms with van der Waals surface area (Å²) in [7, 11) is 0. The van der Waals surface area contributed by atoms with Crippen LogP contribution in [0, 0.1) is 24.7 Å². The molecule has 0 heterocycles. The van der Waals surface area contributed by atoms with Crippen LogP contribution in [0.1, 0.15) is 49.7 Å². The molecule has 0 spiro atoms. The summed E-state index contributed by atoms with van der Waals surface area (Å²) in [5, 5.41) is 8.60. The predicted molar refractivity (Wildman–Crippen MR) is 170 cm³/mol. The van der Waals surface area contributed by atoms with Gasteiger partial charge in [0.15, 0.2) is 0 Å². The summed E-state index contributed by atoms with van der Waals surface area (Å²) in [6.07, 6.45) is 8.40. The number of hydrogen-bond donors (Lipinski definition) is 1. The van der Waals surface area contributed by atoms with Gasteiger partial charge in [-0.15, -0.1) is 0 Å².